The highest BCUT2D eigenvalue weighted by molar-refractivity contribution is 9.10. The predicted octanol–water partition coefficient (Wildman–Crippen LogP) is 2.30. The Hall–Kier alpha value is -1.63. The summed E-state index contributed by atoms with van der Waals surface area (Å²) in [7, 11) is 0. The lowest BCUT2D eigenvalue weighted by atomic mass is 10.3. The maximum atomic E-state index is 12.0. The van der Waals surface area contributed by atoms with Crippen LogP contribution in [0.25, 0.3) is 0 Å². The summed E-state index contributed by atoms with van der Waals surface area (Å²) >= 11 is 3.51. The van der Waals surface area contributed by atoms with E-state index in [9.17, 15) is 4.79 Å². The van der Waals surface area contributed by atoms with Gasteiger partial charge in [0, 0.05) is 31.5 Å². The summed E-state index contributed by atoms with van der Waals surface area (Å²) in [4.78, 5) is 12.0. The van der Waals surface area contributed by atoms with Crippen molar-refractivity contribution in [3.8, 4) is 0 Å². The van der Waals surface area contributed by atoms with Crippen LogP contribution >= 0.6 is 15.9 Å². The molecule has 7 heteroatoms. The minimum Gasteiger partial charge on any atom is -0.351 e. The summed E-state index contributed by atoms with van der Waals surface area (Å²) in [6, 6.07) is 1.73. The van der Waals surface area contributed by atoms with Crippen LogP contribution in [0.3, 0.4) is 0 Å². The van der Waals surface area contributed by atoms with Gasteiger partial charge in [-0.2, -0.15) is 10.2 Å². The number of nitrogens with one attached hydrogen (secondary N) is 1. The lowest BCUT2D eigenvalue weighted by Gasteiger charge is -2.07. The van der Waals surface area contributed by atoms with Crippen molar-refractivity contribution in [3.63, 3.8) is 0 Å². The van der Waals surface area contributed by atoms with E-state index in [1.54, 1.807) is 16.9 Å². The molecule has 0 bridgehead atoms. The van der Waals surface area contributed by atoms with Crippen LogP contribution in [0.2, 0.25) is 0 Å². The lowest BCUT2D eigenvalue weighted by Crippen LogP contribution is -2.27. The molecule has 1 N–H and O–H groups in total. The van der Waals surface area contributed by atoms with Gasteiger partial charge >= 0.3 is 0 Å². The van der Waals surface area contributed by atoms with Crippen LogP contribution in [0.4, 0.5) is 0 Å². The quantitative estimate of drug-likeness (QED) is 0.810. The number of hydrogen-bond acceptors (Lipinski definition) is 3. The number of rotatable bonds is 6. The molecular formula is C14H20BrN5O. The van der Waals surface area contributed by atoms with Crippen molar-refractivity contribution in [1.82, 2.24) is 24.9 Å². The molecule has 0 spiro atoms. The number of carbonyl (C=O) groups excluding carboxylic acids is 1. The summed E-state index contributed by atoms with van der Waals surface area (Å²) in [6.07, 6.45) is 2.48. The first-order valence-electron chi connectivity index (χ1n) is 7.04. The van der Waals surface area contributed by atoms with Crippen LogP contribution in [0.5, 0.6) is 0 Å². The Kier molecular flexibility index (Phi) is 5.17. The third-order valence-corrected chi connectivity index (χ3v) is 4.52. The lowest BCUT2D eigenvalue weighted by molar-refractivity contribution is 0.0942. The van der Waals surface area contributed by atoms with Crippen molar-refractivity contribution in [1.29, 1.82) is 0 Å². The van der Waals surface area contributed by atoms with E-state index in [0.29, 0.717) is 18.8 Å². The fraction of sp³-hybridized carbons (Fsp3) is 0.500. The summed E-state index contributed by atoms with van der Waals surface area (Å²) in [6.45, 7) is 8.05. The normalized spacial score (nSPS) is 10.9. The van der Waals surface area contributed by atoms with Crippen LogP contribution in [0.1, 0.15) is 35.2 Å². The van der Waals surface area contributed by atoms with Crippen LogP contribution in [-0.4, -0.2) is 32.0 Å². The van der Waals surface area contributed by atoms with Gasteiger partial charge in [-0.25, -0.2) is 0 Å². The van der Waals surface area contributed by atoms with E-state index in [1.165, 1.54) is 0 Å². The highest BCUT2D eigenvalue weighted by Crippen LogP contribution is 2.19. The van der Waals surface area contributed by atoms with Gasteiger partial charge in [0.1, 0.15) is 5.69 Å². The van der Waals surface area contributed by atoms with E-state index in [-0.39, 0.29) is 5.91 Å². The number of hydrogen-bond donors (Lipinski definition) is 1. The molecule has 0 fully saturated rings. The average Bonchev–Trinajstić information content (AvgIpc) is 3.04. The second-order valence-electron chi connectivity index (χ2n) is 4.85. The summed E-state index contributed by atoms with van der Waals surface area (Å²) in [5.41, 5.74) is 2.71. The molecule has 0 atom stereocenters. The molecule has 0 aliphatic rings. The zero-order valence-electron chi connectivity index (χ0n) is 12.6. The van der Waals surface area contributed by atoms with E-state index >= 15 is 0 Å². The molecule has 0 aliphatic heterocycles. The maximum absolute atomic E-state index is 12.0. The molecule has 0 radical (unpaired) electrons. The van der Waals surface area contributed by atoms with Crippen molar-refractivity contribution in [2.45, 2.75) is 40.3 Å². The van der Waals surface area contributed by atoms with Gasteiger partial charge < -0.3 is 5.32 Å². The topological polar surface area (TPSA) is 64.7 Å². The number of aromatic nitrogens is 4. The number of amides is 1. The third-order valence-electron chi connectivity index (χ3n) is 3.37. The molecule has 0 saturated carbocycles. The first kappa shape index (κ1) is 15.8. The van der Waals surface area contributed by atoms with Crippen molar-refractivity contribution in [3.05, 3.63) is 33.8 Å². The first-order chi connectivity index (χ1) is 10.0. The maximum Gasteiger partial charge on any atom is 0.269 e. The van der Waals surface area contributed by atoms with Gasteiger partial charge in [-0.1, -0.05) is 0 Å². The molecule has 0 aromatic carbocycles. The Morgan fingerprint density at radius 1 is 1.38 bits per heavy atom. The van der Waals surface area contributed by atoms with E-state index < -0.39 is 0 Å². The van der Waals surface area contributed by atoms with Gasteiger partial charge in [-0.05, 0) is 49.2 Å². The Bertz CT molecular complexity index is 631. The monoisotopic (exact) mass is 353 g/mol. The second kappa shape index (κ2) is 6.89. The largest absolute Gasteiger partial charge is 0.351 e. The average molecular weight is 354 g/mol. The Balaban J connectivity index is 1.82. The fourth-order valence-electron chi connectivity index (χ4n) is 2.19. The third kappa shape index (κ3) is 3.53. The standard InChI is InChI=1S/C14H20BrN5O/c1-4-19-12(6-8-17-19)14(21)16-7-5-9-20-11(3)13(15)10(2)18-20/h6,8H,4-5,7,9H2,1-3H3,(H,16,21). The van der Waals surface area contributed by atoms with Crippen LogP contribution in [0.15, 0.2) is 16.7 Å². The molecule has 0 saturated heterocycles. The molecular weight excluding hydrogens is 334 g/mol. The molecule has 2 aromatic heterocycles. The van der Waals surface area contributed by atoms with E-state index in [0.717, 1.165) is 28.8 Å². The van der Waals surface area contributed by atoms with Gasteiger partial charge in [0.2, 0.25) is 0 Å². The summed E-state index contributed by atoms with van der Waals surface area (Å²) in [5, 5.41) is 11.5. The Morgan fingerprint density at radius 2 is 2.14 bits per heavy atom. The number of halogens is 1. The minimum atomic E-state index is -0.0797. The highest BCUT2D eigenvalue weighted by atomic mass is 79.9. The Morgan fingerprint density at radius 3 is 2.76 bits per heavy atom. The van der Waals surface area contributed by atoms with Gasteiger partial charge in [-0.3, -0.25) is 14.2 Å². The molecule has 1 amide bonds. The minimum absolute atomic E-state index is 0.0797. The van der Waals surface area contributed by atoms with E-state index in [2.05, 4.69) is 31.4 Å². The first-order valence-corrected chi connectivity index (χ1v) is 7.83. The van der Waals surface area contributed by atoms with Crippen molar-refractivity contribution in [2.24, 2.45) is 0 Å². The van der Waals surface area contributed by atoms with Crippen LogP contribution < -0.4 is 5.32 Å². The molecule has 6 nitrogen and oxygen atoms in total. The number of nitrogens with zero attached hydrogens (tertiary/aromatic N) is 4. The van der Waals surface area contributed by atoms with Crippen LogP contribution in [0, 0.1) is 13.8 Å². The molecule has 114 valence electrons. The molecule has 2 rings (SSSR count). The van der Waals surface area contributed by atoms with Gasteiger partial charge in [0.05, 0.1) is 10.2 Å². The SMILES string of the molecule is CCn1nccc1C(=O)NCCCn1nc(C)c(Br)c1C. The molecule has 2 heterocycles. The zero-order valence-corrected chi connectivity index (χ0v) is 14.1. The van der Waals surface area contributed by atoms with Crippen molar-refractivity contribution in [2.75, 3.05) is 6.54 Å². The second-order valence-corrected chi connectivity index (χ2v) is 5.64. The van der Waals surface area contributed by atoms with Gasteiger partial charge in [0.15, 0.2) is 0 Å². The summed E-state index contributed by atoms with van der Waals surface area (Å²) < 4.78 is 4.70. The predicted molar refractivity (Wildman–Crippen MR) is 84.3 cm³/mol. The molecule has 0 aliphatic carbocycles. The van der Waals surface area contributed by atoms with Gasteiger partial charge in [0.25, 0.3) is 5.91 Å². The van der Waals surface area contributed by atoms with Gasteiger partial charge in [-0.15, -0.1) is 0 Å². The van der Waals surface area contributed by atoms with E-state index in [4.69, 9.17) is 0 Å². The zero-order chi connectivity index (χ0) is 15.4. The van der Waals surface area contributed by atoms with Crippen molar-refractivity contribution < 1.29 is 4.79 Å². The highest BCUT2D eigenvalue weighted by Gasteiger charge is 2.11. The molecule has 21 heavy (non-hydrogen) atoms. The fourth-order valence-corrected chi connectivity index (χ4v) is 2.48. The van der Waals surface area contributed by atoms with Crippen LogP contribution in [-0.2, 0) is 13.1 Å². The van der Waals surface area contributed by atoms with Crippen molar-refractivity contribution >= 4 is 21.8 Å². The molecule has 0 unspecified atom stereocenters. The van der Waals surface area contributed by atoms with E-state index in [1.807, 2.05) is 25.5 Å². The Labute approximate surface area is 132 Å². The molecule has 2 aromatic rings. The number of carbonyl (C=O) groups is 1. The summed E-state index contributed by atoms with van der Waals surface area (Å²) in [5.74, 6) is -0.0797. The number of aryl methyl sites for hydroxylation is 3. The smallest absolute Gasteiger partial charge is 0.269 e.